The number of hydrogen-bond donors (Lipinski definition) is 2. The Labute approximate surface area is 124 Å². The number of carbonyl (C=O) groups is 1. The van der Waals surface area contributed by atoms with Crippen molar-refractivity contribution in [1.29, 1.82) is 0 Å². The molecule has 7 nitrogen and oxygen atoms in total. The zero-order valence-corrected chi connectivity index (χ0v) is 13.0. The molecule has 2 aromatic heterocycles. The molecule has 0 radical (unpaired) electrons. The summed E-state index contributed by atoms with van der Waals surface area (Å²) in [4.78, 5) is 11.8. The molecular weight excluding hydrogens is 298 g/mol. The van der Waals surface area contributed by atoms with Crippen LogP contribution in [0.5, 0.6) is 0 Å². The maximum atomic E-state index is 11.8. The van der Waals surface area contributed by atoms with Gasteiger partial charge in [0, 0.05) is 11.5 Å². The summed E-state index contributed by atoms with van der Waals surface area (Å²) in [6.45, 7) is 6.06. The maximum Gasteiger partial charge on any atom is 0.237 e. The van der Waals surface area contributed by atoms with Gasteiger partial charge in [-0.3, -0.25) is 10.1 Å². The molecule has 0 bridgehead atoms. The topological polar surface area (TPSA) is 107 Å². The number of hydrogen-bond acceptors (Lipinski definition) is 8. The van der Waals surface area contributed by atoms with Crippen molar-refractivity contribution in [2.45, 2.75) is 30.5 Å². The van der Waals surface area contributed by atoms with Crippen molar-refractivity contribution in [2.75, 3.05) is 16.8 Å². The van der Waals surface area contributed by atoms with Gasteiger partial charge in [0.15, 0.2) is 4.34 Å². The van der Waals surface area contributed by atoms with Gasteiger partial charge >= 0.3 is 0 Å². The smallest absolute Gasteiger partial charge is 0.237 e. The van der Waals surface area contributed by atoms with E-state index in [0.717, 1.165) is 5.69 Å². The van der Waals surface area contributed by atoms with Gasteiger partial charge in [-0.05, 0) is 0 Å². The number of carbonyl (C=O) groups excluding carboxylic acids is 1. The fourth-order valence-corrected chi connectivity index (χ4v) is 2.70. The molecule has 1 amide bonds. The molecular formula is C11H15N5O2S2. The average molecular weight is 313 g/mol. The SMILES string of the molecule is CC(C)(C)c1cc(NC(=O)CSc2nnc(N)s2)on1. The van der Waals surface area contributed by atoms with Gasteiger partial charge in [0.2, 0.25) is 16.9 Å². The molecule has 108 valence electrons. The minimum Gasteiger partial charge on any atom is -0.374 e. The first-order valence-corrected chi connectivity index (χ1v) is 7.63. The number of anilines is 2. The molecule has 0 saturated carbocycles. The number of aromatic nitrogens is 3. The minimum atomic E-state index is -0.194. The van der Waals surface area contributed by atoms with Crippen LogP contribution in [0, 0.1) is 0 Å². The van der Waals surface area contributed by atoms with E-state index in [9.17, 15) is 4.79 Å². The van der Waals surface area contributed by atoms with Gasteiger partial charge in [0.25, 0.3) is 0 Å². The third-order valence-corrected chi connectivity index (χ3v) is 4.18. The summed E-state index contributed by atoms with van der Waals surface area (Å²) in [5.41, 5.74) is 6.13. The van der Waals surface area contributed by atoms with E-state index in [1.807, 2.05) is 20.8 Å². The summed E-state index contributed by atoms with van der Waals surface area (Å²) in [6.07, 6.45) is 0. The molecule has 0 fully saturated rings. The minimum absolute atomic E-state index is 0.120. The monoisotopic (exact) mass is 313 g/mol. The number of rotatable bonds is 4. The largest absolute Gasteiger partial charge is 0.374 e. The Morgan fingerprint density at radius 1 is 1.50 bits per heavy atom. The highest BCUT2D eigenvalue weighted by Crippen LogP contribution is 2.25. The van der Waals surface area contributed by atoms with Crippen molar-refractivity contribution < 1.29 is 9.32 Å². The van der Waals surface area contributed by atoms with Crippen LogP contribution in [0.2, 0.25) is 0 Å². The van der Waals surface area contributed by atoms with E-state index in [1.54, 1.807) is 6.07 Å². The van der Waals surface area contributed by atoms with Crippen LogP contribution in [0.1, 0.15) is 26.5 Å². The number of nitrogen functional groups attached to an aromatic ring is 1. The van der Waals surface area contributed by atoms with Gasteiger partial charge < -0.3 is 10.3 Å². The molecule has 9 heteroatoms. The highest BCUT2D eigenvalue weighted by Gasteiger charge is 2.19. The first-order valence-electron chi connectivity index (χ1n) is 5.83. The lowest BCUT2D eigenvalue weighted by molar-refractivity contribution is -0.113. The summed E-state index contributed by atoms with van der Waals surface area (Å²) in [7, 11) is 0. The van der Waals surface area contributed by atoms with Gasteiger partial charge in [-0.25, -0.2) is 0 Å². The third-order valence-electron chi connectivity index (χ3n) is 2.29. The lowest BCUT2D eigenvalue weighted by atomic mass is 9.92. The second-order valence-electron chi connectivity index (χ2n) is 5.07. The van der Waals surface area contributed by atoms with Gasteiger partial charge in [0.1, 0.15) is 0 Å². The van der Waals surface area contributed by atoms with E-state index < -0.39 is 0 Å². The molecule has 0 aliphatic rings. The standard InChI is InChI=1S/C11H15N5O2S2/c1-11(2,3)6-4-8(18-16-6)13-7(17)5-19-10-15-14-9(12)20-10/h4H,5H2,1-3H3,(H2,12,14)(H,13,17). The van der Waals surface area contributed by atoms with Crippen molar-refractivity contribution in [3.63, 3.8) is 0 Å². The predicted molar refractivity (Wildman–Crippen MR) is 78.9 cm³/mol. The Morgan fingerprint density at radius 2 is 2.25 bits per heavy atom. The molecule has 3 N–H and O–H groups in total. The van der Waals surface area contributed by atoms with Crippen LogP contribution in [0.15, 0.2) is 14.9 Å². The van der Waals surface area contributed by atoms with Crippen molar-refractivity contribution in [3.05, 3.63) is 11.8 Å². The molecule has 2 aromatic rings. The van der Waals surface area contributed by atoms with Crippen LogP contribution in [-0.2, 0) is 10.2 Å². The zero-order valence-electron chi connectivity index (χ0n) is 11.3. The van der Waals surface area contributed by atoms with Gasteiger partial charge in [-0.1, -0.05) is 49.0 Å². The Morgan fingerprint density at radius 3 is 2.80 bits per heavy atom. The molecule has 0 spiro atoms. The summed E-state index contributed by atoms with van der Waals surface area (Å²) >= 11 is 2.52. The third kappa shape index (κ3) is 3.94. The average Bonchev–Trinajstić information content (AvgIpc) is 2.95. The Kier molecular flexibility index (Phi) is 4.29. The number of nitrogens with zero attached hydrogens (tertiary/aromatic N) is 3. The van der Waals surface area contributed by atoms with Crippen molar-refractivity contribution >= 4 is 40.0 Å². The normalized spacial score (nSPS) is 11.6. The number of thioether (sulfide) groups is 1. The fraction of sp³-hybridized carbons (Fsp3) is 0.455. The Balaban J connectivity index is 1.87. The first-order chi connectivity index (χ1) is 9.34. The van der Waals surface area contributed by atoms with Gasteiger partial charge in [0.05, 0.1) is 11.4 Å². The van der Waals surface area contributed by atoms with Crippen LogP contribution in [-0.4, -0.2) is 27.0 Å². The van der Waals surface area contributed by atoms with E-state index in [0.29, 0.717) is 15.4 Å². The molecule has 0 aromatic carbocycles. The second-order valence-corrected chi connectivity index (χ2v) is 7.30. The highest BCUT2D eigenvalue weighted by atomic mass is 32.2. The Hall–Kier alpha value is -1.61. The molecule has 0 unspecified atom stereocenters. The maximum absolute atomic E-state index is 11.8. The van der Waals surface area contributed by atoms with Crippen LogP contribution < -0.4 is 11.1 Å². The molecule has 0 aliphatic carbocycles. The molecule has 0 saturated heterocycles. The molecule has 0 atom stereocenters. The van der Waals surface area contributed by atoms with Gasteiger partial charge in [-0.2, -0.15) is 0 Å². The van der Waals surface area contributed by atoms with E-state index in [2.05, 4.69) is 20.7 Å². The molecule has 2 heterocycles. The molecule has 20 heavy (non-hydrogen) atoms. The molecule has 2 rings (SSSR count). The van der Waals surface area contributed by atoms with Crippen LogP contribution in [0.25, 0.3) is 0 Å². The van der Waals surface area contributed by atoms with Crippen LogP contribution in [0.3, 0.4) is 0 Å². The van der Waals surface area contributed by atoms with E-state index in [-0.39, 0.29) is 17.1 Å². The van der Waals surface area contributed by atoms with E-state index >= 15 is 0 Å². The zero-order chi connectivity index (χ0) is 14.8. The van der Waals surface area contributed by atoms with Crippen molar-refractivity contribution in [2.24, 2.45) is 0 Å². The summed E-state index contributed by atoms with van der Waals surface area (Å²) in [5.74, 6) is 0.359. The Bertz CT molecular complexity index is 602. The lowest BCUT2D eigenvalue weighted by Crippen LogP contribution is -2.14. The number of nitrogens with one attached hydrogen (secondary N) is 1. The summed E-state index contributed by atoms with van der Waals surface area (Å²) < 4.78 is 5.74. The van der Waals surface area contributed by atoms with E-state index in [4.69, 9.17) is 10.3 Å². The van der Waals surface area contributed by atoms with E-state index in [1.165, 1.54) is 23.1 Å². The van der Waals surface area contributed by atoms with Crippen molar-refractivity contribution in [1.82, 2.24) is 15.4 Å². The lowest BCUT2D eigenvalue weighted by Gasteiger charge is -2.12. The van der Waals surface area contributed by atoms with Crippen LogP contribution >= 0.6 is 23.1 Å². The number of amides is 1. The quantitative estimate of drug-likeness (QED) is 0.833. The summed E-state index contributed by atoms with van der Waals surface area (Å²) in [5, 5.41) is 14.5. The van der Waals surface area contributed by atoms with Crippen LogP contribution in [0.4, 0.5) is 11.0 Å². The first kappa shape index (κ1) is 14.8. The second kappa shape index (κ2) is 5.80. The summed E-state index contributed by atoms with van der Waals surface area (Å²) in [6, 6.07) is 1.73. The highest BCUT2D eigenvalue weighted by molar-refractivity contribution is 8.01. The fourth-order valence-electron chi connectivity index (χ4n) is 1.27. The van der Waals surface area contributed by atoms with Crippen molar-refractivity contribution in [3.8, 4) is 0 Å². The number of nitrogens with two attached hydrogens (primary N) is 1. The van der Waals surface area contributed by atoms with Gasteiger partial charge in [-0.15, -0.1) is 10.2 Å². The molecule has 0 aliphatic heterocycles. The predicted octanol–water partition coefficient (Wildman–Crippen LogP) is 2.14.